The summed E-state index contributed by atoms with van der Waals surface area (Å²) < 4.78 is 0. The molecule has 13 heavy (non-hydrogen) atoms. The summed E-state index contributed by atoms with van der Waals surface area (Å²) in [6.45, 7) is 0. The van der Waals surface area contributed by atoms with Crippen LogP contribution in [0.5, 0.6) is 0 Å². The third kappa shape index (κ3) is 2.04. The van der Waals surface area contributed by atoms with E-state index in [1.54, 1.807) is 0 Å². The molecule has 0 heterocycles. The quantitative estimate of drug-likeness (QED) is 0.541. The van der Waals surface area contributed by atoms with Crippen LogP contribution in [0.15, 0.2) is 36.4 Å². The van der Waals surface area contributed by atoms with Crippen LogP contribution in [0.3, 0.4) is 0 Å². The number of halogens is 1. The zero-order valence-electron chi connectivity index (χ0n) is 7.44. The van der Waals surface area contributed by atoms with Crippen molar-refractivity contribution in [1.82, 2.24) is 0 Å². The lowest BCUT2D eigenvalue weighted by molar-refractivity contribution is 0.803. The summed E-state index contributed by atoms with van der Waals surface area (Å²) in [4.78, 5) is 0. The van der Waals surface area contributed by atoms with Crippen molar-refractivity contribution >= 4 is 18.1 Å². The molecule has 0 bridgehead atoms. The van der Waals surface area contributed by atoms with Crippen LogP contribution < -0.4 is 5.73 Å². The van der Waals surface area contributed by atoms with Gasteiger partial charge in [0.25, 0.3) is 0 Å². The first-order chi connectivity index (χ1) is 5.88. The predicted octanol–water partition coefficient (Wildman–Crippen LogP) is 3.12. The van der Waals surface area contributed by atoms with Gasteiger partial charge in [0.05, 0.1) is 0 Å². The first-order valence-corrected chi connectivity index (χ1v) is 4.39. The first kappa shape index (κ1) is 10.1. The van der Waals surface area contributed by atoms with Crippen molar-refractivity contribution in [3.63, 3.8) is 0 Å². The maximum atomic E-state index is 5.87. The number of hydrogen-bond acceptors (Lipinski definition) is 1. The summed E-state index contributed by atoms with van der Waals surface area (Å²) in [5.41, 5.74) is 8.08. The highest BCUT2D eigenvalue weighted by Gasteiger charge is 2.13. The van der Waals surface area contributed by atoms with Crippen LogP contribution in [0.25, 0.3) is 0 Å². The van der Waals surface area contributed by atoms with E-state index in [0.717, 1.165) is 5.69 Å². The highest BCUT2D eigenvalue weighted by Crippen LogP contribution is 2.31. The summed E-state index contributed by atoms with van der Waals surface area (Å²) in [6, 6.07) is 8.13. The fourth-order valence-electron chi connectivity index (χ4n) is 1.74. The molecule has 2 N–H and O–H groups in total. The molecule has 0 aromatic heterocycles. The van der Waals surface area contributed by atoms with Gasteiger partial charge in [0.2, 0.25) is 0 Å². The molecule has 1 aromatic carbocycles. The Labute approximate surface area is 85.1 Å². The number of nitrogens with two attached hydrogens (primary N) is 1. The van der Waals surface area contributed by atoms with Crippen LogP contribution in [0.1, 0.15) is 24.3 Å². The van der Waals surface area contributed by atoms with Gasteiger partial charge in [-0.15, -0.1) is 12.4 Å². The summed E-state index contributed by atoms with van der Waals surface area (Å²) in [5, 5.41) is 0. The van der Waals surface area contributed by atoms with Gasteiger partial charge in [-0.25, -0.2) is 0 Å². The van der Waals surface area contributed by atoms with E-state index in [1.165, 1.54) is 18.4 Å². The van der Waals surface area contributed by atoms with E-state index in [-0.39, 0.29) is 12.4 Å². The van der Waals surface area contributed by atoms with Crippen molar-refractivity contribution in [2.45, 2.75) is 18.8 Å². The Kier molecular flexibility index (Phi) is 3.38. The molecular weight excluding hydrogens is 182 g/mol. The minimum atomic E-state index is 0. The van der Waals surface area contributed by atoms with Crippen molar-refractivity contribution in [2.75, 3.05) is 5.73 Å². The Morgan fingerprint density at radius 2 is 2.00 bits per heavy atom. The minimum Gasteiger partial charge on any atom is -0.398 e. The number of nitrogen functional groups attached to an aromatic ring is 1. The molecule has 2 heteroatoms. The molecule has 0 fully saturated rings. The molecule has 1 nitrogen and oxygen atoms in total. The summed E-state index contributed by atoms with van der Waals surface area (Å²) in [5.74, 6) is 0.561. The van der Waals surface area contributed by atoms with Crippen LogP contribution in [-0.4, -0.2) is 0 Å². The van der Waals surface area contributed by atoms with Crippen LogP contribution >= 0.6 is 12.4 Å². The monoisotopic (exact) mass is 195 g/mol. The van der Waals surface area contributed by atoms with Crippen LogP contribution in [0.2, 0.25) is 0 Å². The maximum absolute atomic E-state index is 5.87. The van der Waals surface area contributed by atoms with Gasteiger partial charge in [-0.2, -0.15) is 0 Å². The summed E-state index contributed by atoms with van der Waals surface area (Å²) in [7, 11) is 0. The molecular formula is C11H14ClN. The smallest absolute Gasteiger partial charge is 0.0352 e. The van der Waals surface area contributed by atoms with E-state index in [9.17, 15) is 0 Å². The topological polar surface area (TPSA) is 26.0 Å². The molecule has 0 saturated heterocycles. The molecule has 0 saturated carbocycles. The van der Waals surface area contributed by atoms with E-state index in [2.05, 4.69) is 24.3 Å². The van der Waals surface area contributed by atoms with E-state index in [1.807, 2.05) is 12.1 Å². The Balaban J connectivity index is 0.000000845. The Bertz CT molecular complexity index is 307. The first-order valence-electron chi connectivity index (χ1n) is 4.39. The molecule has 0 aliphatic heterocycles. The second-order valence-electron chi connectivity index (χ2n) is 3.24. The van der Waals surface area contributed by atoms with Crippen molar-refractivity contribution in [3.05, 3.63) is 42.0 Å². The standard InChI is InChI=1S/C11H13N.ClH/c12-11-8-4-3-7-10(11)9-5-1-2-6-9;/h1,3-5,7-9H,2,6,12H2;1H. The SMILES string of the molecule is Cl.Nc1ccccc1C1C=CCC1. The predicted molar refractivity (Wildman–Crippen MR) is 59.2 cm³/mol. The number of hydrogen-bond donors (Lipinski definition) is 1. The minimum absolute atomic E-state index is 0. The molecule has 1 aliphatic rings. The van der Waals surface area contributed by atoms with Crippen molar-refractivity contribution in [2.24, 2.45) is 0 Å². The third-order valence-electron chi connectivity index (χ3n) is 2.41. The van der Waals surface area contributed by atoms with E-state index < -0.39 is 0 Å². The molecule has 1 atom stereocenters. The molecule has 0 radical (unpaired) electrons. The largest absolute Gasteiger partial charge is 0.398 e. The zero-order chi connectivity index (χ0) is 8.39. The van der Waals surface area contributed by atoms with Gasteiger partial charge in [-0.1, -0.05) is 30.4 Å². The highest BCUT2D eigenvalue weighted by molar-refractivity contribution is 5.85. The normalized spacial score (nSPS) is 19.8. The Hall–Kier alpha value is -0.950. The molecule has 1 unspecified atom stereocenters. The second kappa shape index (κ2) is 4.33. The molecule has 0 spiro atoms. The molecule has 1 aromatic rings. The average Bonchev–Trinajstić information content (AvgIpc) is 2.57. The van der Waals surface area contributed by atoms with E-state index in [0.29, 0.717) is 5.92 Å². The average molecular weight is 196 g/mol. The van der Waals surface area contributed by atoms with Crippen LogP contribution in [0, 0.1) is 0 Å². The van der Waals surface area contributed by atoms with Crippen LogP contribution in [0.4, 0.5) is 5.69 Å². The van der Waals surface area contributed by atoms with Crippen molar-refractivity contribution in [1.29, 1.82) is 0 Å². The van der Waals surface area contributed by atoms with Crippen molar-refractivity contribution in [3.8, 4) is 0 Å². The number of benzene rings is 1. The van der Waals surface area contributed by atoms with Gasteiger partial charge < -0.3 is 5.73 Å². The fourth-order valence-corrected chi connectivity index (χ4v) is 1.74. The summed E-state index contributed by atoms with van der Waals surface area (Å²) >= 11 is 0. The maximum Gasteiger partial charge on any atom is 0.0352 e. The number of anilines is 1. The fraction of sp³-hybridized carbons (Fsp3) is 0.273. The van der Waals surface area contributed by atoms with Gasteiger partial charge in [0.1, 0.15) is 0 Å². The van der Waals surface area contributed by atoms with Crippen molar-refractivity contribution < 1.29 is 0 Å². The number of para-hydroxylation sites is 1. The number of allylic oxidation sites excluding steroid dienone is 2. The molecule has 1 aliphatic carbocycles. The number of rotatable bonds is 1. The highest BCUT2D eigenvalue weighted by atomic mass is 35.5. The van der Waals surface area contributed by atoms with Crippen LogP contribution in [-0.2, 0) is 0 Å². The Morgan fingerprint density at radius 3 is 2.62 bits per heavy atom. The lowest BCUT2D eigenvalue weighted by Crippen LogP contribution is -1.97. The lowest BCUT2D eigenvalue weighted by atomic mass is 9.97. The zero-order valence-corrected chi connectivity index (χ0v) is 8.26. The van der Waals surface area contributed by atoms with E-state index >= 15 is 0 Å². The van der Waals surface area contributed by atoms with Gasteiger partial charge in [-0.05, 0) is 24.5 Å². The van der Waals surface area contributed by atoms with Gasteiger partial charge in [0, 0.05) is 11.6 Å². The second-order valence-corrected chi connectivity index (χ2v) is 3.24. The van der Waals surface area contributed by atoms with Gasteiger partial charge in [0.15, 0.2) is 0 Å². The molecule has 0 amide bonds. The van der Waals surface area contributed by atoms with Gasteiger partial charge >= 0.3 is 0 Å². The summed E-state index contributed by atoms with van der Waals surface area (Å²) in [6.07, 6.45) is 6.90. The third-order valence-corrected chi connectivity index (χ3v) is 2.41. The lowest BCUT2D eigenvalue weighted by Gasteiger charge is -2.10. The molecule has 70 valence electrons. The molecule has 2 rings (SSSR count). The van der Waals surface area contributed by atoms with E-state index in [4.69, 9.17) is 5.73 Å². The Morgan fingerprint density at radius 1 is 1.23 bits per heavy atom. The van der Waals surface area contributed by atoms with Gasteiger partial charge in [-0.3, -0.25) is 0 Å².